The van der Waals surface area contributed by atoms with E-state index in [-0.39, 0.29) is 5.56 Å². The van der Waals surface area contributed by atoms with Crippen LogP contribution < -0.4 is 10.6 Å². The predicted molar refractivity (Wildman–Crippen MR) is 77.7 cm³/mol. The van der Waals surface area contributed by atoms with E-state index in [4.69, 9.17) is 9.84 Å². The fourth-order valence-electron chi connectivity index (χ4n) is 1.52. The molecule has 1 aromatic rings. The number of carbonyl (C=O) groups is 2. The molecule has 0 aliphatic heterocycles. The van der Waals surface area contributed by atoms with Gasteiger partial charge in [0.2, 0.25) is 0 Å². The average molecular weight is 296 g/mol. The van der Waals surface area contributed by atoms with Crippen LogP contribution in [0, 0.1) is 5.92 Å². The molecular formula is C14H20N2O5. The smallest absolute Gasteiger partial charge is 0.339 e. The maximum Gasteiger partial charge on any atom is 0.339 e. The van der Waals surface area contributed by atoms with E-state index < -0.39 is 17.7 Å². The maximum atomic E-state index is 11.6. The molecule has 0 fully saturated rings. The van der Waals surface area contributed by atoms with E-state index in [0.29, 0.717) is 31.4 Å². The topological polar surface area (TPSA) is 108 Å². The zero-order valence-corrected chi connectivity index (χ0v) is 12.0. The third-order valence-electron chi connectivity index (χ3n) is 2.47. The summed E-state index contributed by atoms with van der Waals surface area (Å²) in [5.41, 5.74) is 0.0844. The lowest BCUT2D eigenvalue weighted by atomic mass is 10.2. The molecule has 7 heteroatoms. The molecular weight excluding hydrogens is 276 g/mol. The number of phenols is 1. The lowest BCUT2D eigenvalue weighted by Crippen LogP contribution is -2.31. The lowest BCUT2D eigenvalue weighted by Gasteiger charge is -2.10. The summed E-state index contributed by atoms with van der Waals surface area (Å²) in [6.07, 6.45) is 0. The molecule has 0 atom stereocenters. The number of aromatic carboxylic acids is 1. The number of rotatable bonds is 7. The van der Waals surface area contributed by atoms with E-state index in [9.17, 15) is 14.7 Å². The summed E-state index contributed by atoms with van der Waals surface area (Å²) in [6.45, 7) is 5.47. The number of ether oxygens (including phenoxy) is 1. The van der Waals surface area contributed by atoms with Gasteiger partial charge >= 0.3 is 12.0 Å². The molecule has 4 N–H and O–H groups in total. The minimum absolute atomic E-state index is 0.219. The Kier molecular flexibility index (Phi) is 6.48. The van der Waals surface area contributed by atoms with Gasteiger partial charge in [-0.1, -0.05) is 13.8 Å². The van der Waals surface area contributed by atoms with Gasteiger partial charge < -0.3 is 25.6 Å². The van der Waals surface area contributed by atoms with Gasteiger partial charge in [-0.2, -0.15) is 0 Å². The molecule has 1 aromatic carbocycles. The van der Waals surface area contributed by atoms with Crippen molar-refractivity contribution in [1.29, 1.82) is 0 Å². The highest BCUT2D eigenvalue weighted by Gasteiger charge is 2.10. The third-order valence-corrected chi connectivity index (χ3v) is 2.47. The van der Waals surface area contributed by atoms with Crippen LogP contribution in [0.4, 0.5) is 10.5 Å². The molecule has 7 nitrogen and oxygen atoms in total. The van der Waals surface area contributed by atoms with Crippen LogP contribution in [0.25, 0.3) is 0 Å². The third kappa shape index (κ3) is 6.13. The monoisotopic (exact) mass is 296 g/mol. The number of hydrogen-bond donors (Lipinski definition) is 4. The molecule has 21 heavy (non-hydrogen) atoms. The number of anilines is 1. The summed E-state index contributed by atoms with van der Waals surface area (Å²) in [4.78, 5) is 22.3. The van der Waals surface area contributed by atoms with E-state index in [1.165, 1.54) is 18.2 Å². The minimum atomic E-state index is -1.23. The van der Waals surface area contributed by atoms with E-state index in [0.717, 1.165) is 0 Å². The Hall–Kier alpha value is -2.28. The van der Waals surface area contributed by atoms with E-state index in [2.05, 4.69) is 10.6 Å². The Morgan fingerprint density at radius 1 is 1.33 bits per heavy atom. The predicted octanol–water partition coefficient (Wildman–Crippen LogP) is 1.88. The normalized spacial score (nSPS) is 10.4. The Morgan fingerprint density at radius 2 is 2.05 bits per heavy atom. The molecule has 0 aliphatic carbocycles. The number of benzene rings is 1. The molecule has 0 aliphatic rings. The first-order valence-electron chi connectivity index (χ1n) is 6.59. The zero-order valence-electron chi connectivity index (χ0n) is 12.0. The van der Waals surface area contributed by atoms with Crippen LogP contribution in [0.2, 0.25) is 0 Å². The van der Waals surface area contributed by atoms with Crippen LogP contribution >= 0.6 is 0 Å². The molecule has 0 unspecified atom stereocenters. The molecule has 0 bridgehead atoms. The number of carboxylic acid groups (broad SMARTS) is 1. The van der Waals surface area contributed by atoms with Crippen molar-refractivity contribution >= 4 is 17.7 Å². The highest BCUT2D eigenvalue weighted by molar-refractivity contribution is 5.93. The minimum Gasteiger partial charge on any atom is -0.507 e. The highest BCUT2D eigenvalue weighted by Crippen LogP contribution is 2.21. The quantitative estimate of drug-likeness (QED) is 0.575. The summed E-state index contributed by atoms with van der Waals surface area (Å²) in [5, 5.41) is 23.3. The standard InChI is InChI=1S/C14H20N2O5/c1-9(2)8-21-6-5-15-14(20)16-10-3-4-11(13(18)19)12(17)7-10/h3-4,7,9,17H,5-6,8H2,1-2H3,(H,18,19)(H2,15,16,20). The van der Waals surface area contributed by atoms with Crippen molar-refractivity contribution in [2.45, 2.75) is 13.8 Å². The maximum absolute atomic E-state index is 11.6. The first kappa shape index (κ1) is 16.8. The first-order chi connectivity index (χ1) is 9.90. The molecule has 2 amide bonds. The summed E-state index contributed by atoms with van der Waals surface area (Å²) < 4.78 is 5.31. The summed E-state index contributed by atoms with van der Waals surface area (Å²) in [6, 6.07) is 3.35. The van der Waals surface area contributed by atoms with Crippen molar-refractivity contribution in [3.8, 4) is 5.75 Å². The van der Waals surface area contributed by atoms with E-state index in [1.54, 1.807) is 0 Å². The summed E-state index contributed by atoms with van der Waals surface area (Å²) in [7, 11) is 0. The van der Waals surface area contributed by atoms with Crippen LogP contribution in [-0.2, 0) is 4.74 Å². The number of carbonyl (C=O) groups excluding carboxylic acids is 1. The molecule has 1 rings (SSSR count). The van der Waals surface area contributed by atoms with Gasteiger partial charge in [0.15, 0.2) is 0 Å². The molecule has 116 valence electrons. The van der Waals surface area contributed by atoms with Crippen LogP contribution in [0.1, 0.15) is 24.2 Å². The summed E-state index contributed by atoms with van der Waals surface area (Å²) >= 11 is 0. The Labute approximate surface area is 122 Å². The molecule has 0 heterocycles. The van der Waals surface area contributed by atoms with Gasteiger partial charge in [0, 0.05) is 24.9 Å². The van der Waals surface area contributed by atoms with Gasteiger partial charge in [0.1, 0.15) is 11.3 Å². The van der Waals surface area contributed by atoms with Gasteiger partial charge in [-0.25, -0.2) is 9.59 Å². The van der Waals surface area contributed by atoms with E-state index >= 15 is 0 Å². The van der Waals surface area contributed by atoms with Crippen molar-refractivity contribution in [2.75, 3.05) is 25.1 Å². The second kappa shape index (κ2) is 8.11. The van der Waals surface area contributed by atoms with Gasteiger partial charge in [0.25, 0.3) is 0 Å². The Bertz CT molecular complexity index is 502. The first-order valence-corrected chi connectivity index (χ1v) is 6.59. The zero-order chi connectivity index (χ0) is 15.8. The van der Waals surface area contributed by atoms with Gasteiger partial charge in [0.05, 0.1) is 6.61 Å². The molecule has 0 saturated carbocycles. The molecule has 0 aromatic heterocycles. The number of urea groups is 1. The SMILES string of the molecule is CC(C)COCCNC(=O)Nc1ccc(C(=O)O)c(O)c1. The van der Waals surface area contributed by atoms with Crippen molar-refractivity contribution in [3.05, 3.63) is 23.8 Å². The van der Waals surface area contributed by atoms with E-state index in [1.807, 2.05) is 13.8 Å². The fourth-order valence-corrected chi connectivity index (χ4v) is 1.52. The number of hydrogen-bond acceptors (Lipinski definition) is 4. The second-order valence-corrected chi connectivity index (χ2v) is 4.89. The van der Waals surface area contributed by atoms with Crippen LogP contribution in [0.5, 0.6) is 5.75 Å². The van der Waals surface area contributed by atoms with Crippen LogP contribution in [-0.4, -0.2) is 42.0 Å². The number of carboxylic acids is 1. The van der Waals surface area contributed by atoms with Crippen molar-refractivity contribution in [1.82, 2.24) is 5.32 Å². The van der Waals surface area contributed by atoms with Gasteiger partial charge in [-0.15, -0.1) is 0 Å². The number of nitrogens with one attached hydrogen (secondary N) is 2. The largest absolute Gasteiger partial charge is 0.507 e. The van der Waals surface area contributed by atoms with Crippen molar-refractivity contribution in [3.63, 3.8) is 0 Å². The lowest BCUT2D eigenvalue weighted by molar-refractivity contribution is 0.0694. The highest BCUT2D eigenvalue weighted by atomic mass is 16.5. The number of aromatic hydroxyl groups is 1. The van der Waals surface area contributed by atoms with Crippen LogP contribution in [0.3, 0.4) is 0 Å². The number of amides is 2. The Morgan fingerprint density at radius 3 is 2.62 bits per heavy atom. The van der Waals surface area contributed by atoms with Crippen molar-refractivity contribution < 1.29 is 24.5 Å². The summed E-state index contributed by atoms with van der Waals surface area (Å²) in [5.74, 6) is -1.19. The molecule has 0 saturated heterocycles. The Balaban J connectivity index is 2.38. The molecule has 0 spiro atoms. The van der Waals surface area contributed by atoms with Crippen LogP contribution in [0.15, 0.2) is 18.2 Å². The van der Waals surface area contributed by atoms with Gasteiger partial charge in [-0.05, 0) is 18.1 Å². The molecule has 0 radical (unpaired) electrons. The average Bonchev–Trinajstić information content (AvgIpc) is 2.37. The second-order valence-electron chi connectivity index (χ2n) is 4.89. The fraction of sp³-hybridized carbons (Fsp3) is 0.429. The van der Waals surface area contributed by atoms with Crippen molar-refractivity contribution in [2.24, 2.45) is 5.92 Å². The van der Waals surface area contributed by atoms with Gasteiger partial charge in [-0.3, -0.25) is 0 Å².